The van der Waals surface area contributed by atoms with E-state index in [1.807, 2.05) is 54.6 Å². The molecule has 0 spiro atoms. The summed E-state index contributed by atoms with van der Waals surface area (Å²) in [6, 6.07) is 23.4. The third-order valence-corrected chi connectivity index (χ3v) is 8.80. The van der Waals surface area contributed by atoms with Crippen molar-refractivity contribution in [1.29, 1.82) is 0 Å². The molecule has 0 aliphatic carbocycles. The Balaban J connectivity index is 1.60. The maximum absolute atomic E-state index is 14.5. The number of nitrogens with zero attached hydrogens (tertiary/aromatic N) is 2. The zero-order chi connectivity index (χ0) is 33.1. The van der Waals surface area contributed by atoms with Crippen LogP contribution in [0.5, 0.6) is 23.0 Å². The number of hydrogen-bond acceptors (Lipinski definition) is 8. The number of para-hydroxylation sites is 1. The van der Waals surface area contributed by atoms with E-state index in [1.54, 1.807) is 37.3 Å². The van der Waals surface area contributed by atoms with E-state index in [2.05, 4.69) is 11.2 Å². The van der Waals surface area contributed by atoms with Gasteiger partial charge in [-0.1, -0.05) is 65.8 Å². The highest BCUT2D eigenvalue weighted by Crippen LogP contribution is 2.42. The molecule has 0 fully saturated rings. The summed E-state index contributed by atoms with van der Waals surface area (Å²) in [5, 5.41) is 4.84. The van der Waals surface area contributed by atoms with Crippen molar-refractivity contribution in [1.82, 2.24) is 4.57 Å². The van der Waals surface area contributed by atoms with Crippen LogP contribution in [-0.4, -0.2) is 38.4 Å². The number of nitrogens with one attached hydrogen (secondary N) is 1. The molecule has 47 heavy (non-hydrogen) atoms. The number of rotatable bonds is 9. The summed E-state index contributed by atoms with van der Waals surface area (Å²) in [5.74, 6) is 3.81. The van der Waals surface area contributed by atoms with Crippen LogP contribution in [0.1, 0.15) is 24.1 Å². The summed E-state index contributed by atoms with van der Waals surface area (Å²) in [6.45, 7) is 1.83. The average Bonchev–Trinajstić information content (AvgIpc) is 3.40. The van der Waals surface area contributed by atoms with Gasteiger partial charge in [0.25, 0.3) is 11.5 Å². The third kappa shape index (κ3) is 5.85. The van der Waals surface area contributed by atoms with Crippen LogP contribution in [0.25, 0.3) is 16.8 Å². The first-order valence-corrected chi connectivity index (χ1v) is 15.5. The van der Waals surface area contributed by atoms with E-state index in [0.717, 1.165) is 10.8 Å². The van der Waals surface area contributed by atoms with Gasteiger partial charge >= 0.3 is 0 Å². The van der Waals surface area contributed by atoms with Gasteiger partial charge in [-0.25, -0.2) is 4.99 Å². The average molecular weight is 646 g/mol. The van der Waals surface area contributed by atoms with Gasteiger partial charge in [0.15, 0.2) is 16.3 Å². The second-order valence-electron chi connectivity index (χ2n) is 10.6. The molecule has 4 aromatic carbocycles. The quantitative estimate of drug-likeness (QED) is 0.225. The number of benzene rings is 4. The van der Waals surface area contributed by atoms with E-state index >= 15 is 0 Å². The number of carbonyl (C=O) groups is 1. The Hall–Kier alpha value is -5.79. The molecule has 2 heterocycles. The molecule has 1 aliphatic rings. The minimum absolute atomic E-state index is 0.0701. The van der Waals surface area contributed by atoms with E-state index in [0.29, 0.717) is 60.4 Å². The molecule has 5 aromatic rings. The Morgan fingerprint density at radius 1 is 0.979 bits per heavy atom. The molecule has 1 aromatic heterocycles. The van der Waals surface area contributed by atoms with E-state index in [9.17, 15) is 9.59 Å². The number of fused-ring (bicyclic) bond motifs is 2. The Morgan fingerprint density at radius 2 is 1.68 bits per heavy atom. The first-order valence-electron chi connectivity index (χ1n) is 14.6. The molecule has 9 nitrogen and oxygen atoms in total. The number of amides is 1. The van der Waals surface area contributed by atoms with Gasteiger partial charge in [-0.15, -0.1) is 6.42 Å². The number of methoxy groups -OCH3 is 3. The molecule has 1 aliphatic heterocycles. The van der Waals surface area contributed by atoms with Gasteiger partial charge in [0, 0.05) is 11.3 Å². The first kappa shape index (κ1) is 31.2. The molecule has 0 bridgehead atoms. The summed E-state index contributed by atoms with van der Waals surface area (Å²) < 4.78 is 24.7. The Labute approximate surface area is 275 Å². The summed E-state index contributed by atoms with van der Waals surface area (Å²) >= 11 is 1.22. The van der Waals surface area contributed by atoms with Gasteiger partial charge in [-0.05, 0) is 59.7 Å². The first-order chi connectivity index (χ1) is 22.9. The fraction of sp³-hybridized carbons (Fsp3) is 0.162. The number of carbonyl (C=O) groups excluding carboxylic acids is 1. The van der Waals surface area contributed by atoms with Gasteiger partial charge in [-0.2, -0.15) is 0 Å². The van der Waals surface area contributed by atoms with Crippen molar-refractivity contribution >= 4 is 39.8 Å². The van der Waals surface area contributed by atoms with Crippen molar-refractivity contribution in [3.8, 4) is 35.3 Å². The van der Waals surface area contributed by atoms with Gasteiger partial charge in [0.2, 0.25) is 5.75 Å². The number of thiazole rings is 1. The molecule has 1 atom stereocenters. The van der Waals surface area contributed by atoms with Crippen LogP contribution in [0.3, 0.4) is 0 Å². The number of ether oxygens (including phenoxy) is 4. The van der Waals surface area contributed by atoms with Crippen molar-refractivity contribution in [3.05, 3.63) is 121 Å². The van der Waals surface area contributed by atoms with Gasteiger partial charge in [0.05, 0.1) is 43.2 Å². The summed E-state index contributed by atoms with van der Waals surface area (Å²) in [5.41, 5.74) is 2.32. The highest BCUT2D eigenvalue weighted by Gasteiger charge is 2.34. The molecule has 1 N–H and O–H groups in total. The van der Waals surface area contributed by atoms with Crippen molar-refractivity contribution in [2.24, 2.45) is 4.99 Å². The van der Waals surface area contributed by atoms with Crippen molar-refractivity contribution in [2.45, 2.75) is 13.0 Å². The predicted octanol–water partition coefficient (Wildman–Crippen LogP) is 5.06. The summed E-state index contributed by atoms with van der Waals surface area (Å²) in [4.78, 5) is 33.7. The van der Waals surface area contributed by atoms with E-state index in [4.69, 9.17) is 30.4 Å². The molecule has 236 valence electrons. The Kier molecular flexibility index (Phi) is 8.82. The topological polar surface area (TPSA) is 100 Å². The normalized spacial score (nSPS) is 14.2. The largest absolute Gasteiger partial charge is 0.493 e. The monoisotopic (exact) mass is 645 g/mol. The van der Waals surface area contributed by atoms with Crippen LogP contribution in [0.2, 0.25) is 0 Å². The zero-order valence-corrected chi connectivity index (χ0v) is 27.0. The molecule has 0 radical (unpaired) electrons. The van der Waals surface area contributed by atoms with E-state index in [1.165, 1.54) is 37.2 Å². The highest BCUT2D eigenvalue weighted by atomic mass is 32.1. The zero-order valence-electron chi connectivity index (χ0n) is 26.2. The fourth-order valence-corrected chi connectivity index (χ4v) is 6.74. The van der Waals surface area contributed by atoms with Crippen LogP contribution in [0.4, 0.5) is 5.69 Å². The van der Waals surface area contributed by atoms with Crippen LogP contribution < -0.4 is 39.2 Å². The third-order valence-electron chi connectivity index (χ3n) is 7.82. The van der Waals surface area contributed by atoms with Crippen molar-refractivity contribution < 1.29 is 23.7 Å². The fourth-order valence-electron chi connectivity index (χ4n) is 5.71. The summed E-state index contributed by atoms with van der Waals surface area (Å²) in [7, 11) is 4.54. The minimum Gasteiger partial charge on any atom is -0.493 e. The maximum atomic E-state index is 14.5. The standard InChI is InChI=1S/C37H31N3O6S/c1-6-18-46-28-17-16-23-12-10-11-15-26(23)27(28)21-31-36(42)40-33(24-19-29(43-3)34(45-5)30(20-24)44-4)32(22(2)38-37(40)47-31)35(41)39-25-13-8-7-9-14-25/h1,7-17,19-21,33H,18H2,2-5H3,(H,39,41)/b31-21-/t33-/m1/s1. The molecule has 10 heteroatoms. The number of hydrogen-bond donors (Lipinski definition) is 1. The maximum Gasteiger partial charge on any atom is 0.271 e. The number of aromatic nitrogens is 1. The molecule has 0 saturated carbocycles. The SMILES string of the molecule is C#CCOc1ccc2ccccc2c1/C=c1\sc2n(c1=O)[C@H](c1cc(OC)c(OC)c(OC)c1)C(C(=O)Nc1ccccc1)=C(C)N=2. The minimum atomic E-state index is -0.879. The van der Waals surface area contributed by atoms with Crippen LogP contribution in [0.15, 0.2) is 99.9 Å². The molecular weight excluding hydrogens is 614 g/mol. The smallest absolute Gasteiger partial charge is 0.271 e. The lowest BCUT2D eigenvalue weighted by atomic mass is 9.94. The molecule has 1 amide bonds. The van der Waals surface area contributed by atoms with Crippen LogP contribution in [-0.2, 0) is 4.79 Å². The second-order valence-corrected chi connectivity index (χ2v) is 11.6. The molecule has 6 rings (SSSR count). The lowest BCUT2D eigenvalue weighted by Crippen LogP contribution is -2.40. The lowest BCUT2D eigenvalue weighted by molar-refractivity contribution is -0.113. The Morgan fingerprint density at radius 3 is 2.36 bits per heavy atom. The molecular formula is C37H31N3O6S. The lowest BCUT2D eigenvalue weighted by Gasteiger charge is -2.26. The molecule has 0 unspecified atom stereocenters. The number of allylic oxidation sites excluding steroid dienone is 1. The van der Waals surface area contributed by atoms with Gasteiger partial charge < -0.3 is 24.3 Å². The highest BCUT2D eigenvalue weighted by molar-refractivity contribution is 7.07. The van der Waals surface area contributed by atoms with Gasteiger partial charge in [-0.3, -0.25) is 14.2 Å². The van der Waals surface area contributed by atoms with Gasteiger partial charge in [0.1, 0.15) is 12.4 Å². The van der Waals surface area contributed by atoms with E-state index < -0.39 is 11.9 Å². The molecule has 0 saturated heterocycles. The van der Waals surface area contributed by atoms with Crippen molar-refractivity contribution in [2.75, 3.05) is 33.3 Å². The number of anilines is 1. The van der Waals surface area contributed by atoms with E-state index in [-0.39, 0.29) is 12.2 Å². The van der Waals surface area contributed by atoms with Crippen LogP contribution >= 0.6 is 11.3 Å². The van der Waals surface area contributed by atoms with Crippen LogP contribution in [0, 0.1) is 12.3 Å². The predicted molar refractivity (Wildman–Crippen MR) is 183 cm³/mol. The second kappa shape index (κ2) is 13.3. The Bertz CT molecular complexity index is 2240. The van der Waals surface area contributed by atoms with Crippen molar-refractivity contribution in [3.63, 3.8) is 0 Å². The number of terminal acetylenes is 1. The summed E-state index contributed by atoms with van der Waals surface area (Å²) in [6.07, 6.45) is 7.30.